The minimum absolute atomic E-state index is 0.0154. The molecule has 0 fully saturated rings. The molecular weight excluding hydrogens is 380 g/mol. The number of fused-ring (bicyclic) bond motifs is 1. The number of carbonyl (C=O) groups is 2. The highest BCUT2D eigenvalue weighted by molar-refractivity contribution is 9.10. The molecule has 0 saturated carbocycles. The van der Waals surface area contributed by atoms with Crippen molar-refractivity contribution in [2.45, 2.75) is 32.4 Å². The first-order valence-corrected chi connectivity index (χ1v) is 9.29. The summed E-state index contributed by atoms with van der Waals surface area (Å²) in [5.41, 5.74) is 2.88. The Morgan fingerprint density at radius 3 is 2.68 bits per heavy atom. The Morgan fingerprint density at radius 1 is 1.20 bits per heavy atom. The third-order valence-electron chi connectivity index (χ3n) is 4.45. The predicted molar refractivity (Wildman–Crippen MR) is 101 cm³/mol. The average Bonchev–Trinajstić information content (AvgIpc) is 2.61. The van der Waals surface area contributed by atoms with Crippen molar-refractivity contribution in [2.24, 2.45) is 0 Å². The smallest absolute Gasteiger partial charge is 0.247 e. The lowest BCUT2D eigenvalue weighted by Crippen LogP contribution is -2.47. The Labute approximate surface area is 156 Å². The summed E-state index contributed by atoms with van der Waals surface area (Å²) in [5.74, 6) is -0.119. The topological polar surface area (TPSA) is 49.4 Å². The van der Waals surface area contributed by atoms with Crippen molar-refractivity contribution < 1.29 is 9.59 Å². The van der Waals surface area contributed by atoms with E-state index in [1.807, 2.05) is 55.5 Å². The summed E-state index contributed by atoms with van der Waals surface area (Å²) in [6.45, 7) is 3.03. The highest BCUT2D eigenvalue weighted by atomic mass is 79.9. The molecule has 0 aliphatic carbocycles. The van der Waals surface area contributed by atoms with Crippen molar-refractivity contribution in [1.82, 2.24) is 10.2 Å². The first-order chi connectivity index (χ1) is 12.1. The second-order valence-electron chi connectivity index (χ2n) is 6.17. The Hall–Kier alpha value is -2.14. The van der Waals surface area contributed by atoms with Gasteiger partial charge in [-0.1, -0.05) is 65.3 Å². The van der Waals surface area contributed by atoms with E-state index in [-0.39, 0.29) is 11.8 Å². The van der Waals surface area contributed by atoms with Crippen LogP contribution in [0.4, 0.5) is 0 Å². The van der Waals surface area contributed by atoms with E-state index in [0.29, 0.717) is 19.5 Å². The van der Waals surface area contributed by atoms with E-state index in [1.165, 1.54) is 0 Å². The lowest BCUT2D eigenvalue weighted by atomic mass is 9.91. The number of amides is 2. The minimum Gasteiger partial charge on any atom is -0.350 e. The quantitative estimate of drug-likeness (QED) is 0.833. The molecule has 5 heteroatoms. The maximum absolute atomic E-state index is 13.0. The maximum atomic E-state index is 13.0. The highest BCUT2D eigenvalue weighted by Crippen LogP contribution is 2.31. The van der Waals surface area contributed by atoms with Crippen LogP contribution < -0.4 is 5.32 Å². The van der Waals surface area contributed by atoms with Gasteiger partial charge in [0.2, 0.25) is 11.8 Å². The fourth-order valence-electron chi connectivity index (χ4n) is 3.24. The van der Waals surface area contributed by atoms with Gasteiger partial charge in [-0.3, -0.25) is 9.59 Å². The Kier molecular flexibility index (Phi) is 5.53. The first-order valence-electron chi connectivity index (χ1n) is 8.50. The maximum Gasteiger partial charge on any atom is 0.247 e. The zero-order chi connectivity index (χ0) is 17.8. The molecule has 1 N–H and O–H groups in total. The average molecular weight is 401 g/mol. The van der Waals surface area contributed by atoms with Crippen LogP contribution in [0.1, 0.15) is 36.1 Å². The number of benzene rings is 2. The molecule has 2 aromatic carbocycles. The van der Waals surface area contributed by atoms with Gasteiger partial charge in [0.1, 0.15) is 6.04 Å². The summed E-state index contributed by atoms with van der Waals surface area (Å²) in [5, 5.41) is 3.00. The van der Waals surface area contributed by atoms with Gasteiger partial charge in [0.25, 0.3) is 0 Å². The van der Waals surface area contributed by atoms with Gasteiger partial charge in [0, 0.05) is 17.6 Å². The van der Waals surface area contributed by atoms with Crippen LogP contribution in [0.25, 0.3) is 0 Å². The first kappa shape index (κ1) is 17.7. The van der Waals surface area contributed by atoms with E-state index in [2.05, 4.69) is 21.2 Å². The third kappa shape index (κ3) is 3.76. The summed E-state index contributed by atoms with van der Waals surface area (Å²) >= 11 is 3.50. The fourth-order valence-corrected chi connectivity index (χ4v) is 3.66. The number of hydrogen-bond acceptors (Lipinski definition) is 2. The molecule has 0 saturated heterocycles. The molecule has 25 heavy (non-hydrogen) atoms. The van der Waals surface area contributed by atoms with Gasteiger partial charge in [-0.2, -0.15) is 0 Å². The van der Waals surface area contributed by atoms with E-state index < -0.39 is 6.04 Å². The van der Waals surface area contributed by atoms with Crippen LogP contribution in [-0.2, 0) is 22.6 Å². The molecule has 2 amide bonds. The Bertz CT molecular complexity index is 791. The molecule has 130 valence electrons. The third-order valence-corrected chi connectivity index (χ3v) is 5.22. The van der Waals surface area contributed by atoms with Crippen LogP contribution in [0.5, 0.6) is 0 Å². The SMILES string of the molecule is CCCN1C(=O)Cc2ccccc2[C@@H]1C(=O)NCc1ccccc1Br. The van der Waals surface area contributed by atoms with Gasteiger partial charge in [0.05, 0.1) is 6.42 Å². The molecule has 1 atom stereocenters. The molecule has 1 aliphatic heterocycles. The van der Waals surface area contributed by atoms with E-state index in [0.717, 1.165) is 27.6 Å². The van der Waals surface area contributed by atoms with Crippen LogP contribution in [0.15, 0.2) is 53.0 Å². The summed E-state index contributed by atoms with van der Waals surface area (Å²) < 4.78 is 0.959. The molecule has 0 bridgehead atoms. The van der Waals surface area contributed by atoms with Crippen molar-refractivity contribution in [2.75, 3.05) is 6.54 Å². The lowest BCUT2D eigenvalue weighted by Gasteiger charge is -2.36. The van der Waals surface area contributed by atoms with E-state index in [1.54, 1.807) is 4.90 Å². The number of nitrogens with zero attached hydrogens (tertiary/aromatic N) is 1. The molecule has 0 aromatic heterocycles. The zero-order valence-corrected chi connectivity index (χ0v) is 15.8. The molecule has 0 spiro atoms. The van der Waals surface area contributed by atoms with Gasteiger partial charge >= 0.3 is 0 Å². The van der Waals surface area contributed by atoms with Crippen LogP contribution in [0, 0.1) is 0 Å². The van der Waals surface area contributed by atoms with E-state index >= 15 is 0 Å². The van der Waals surface area contributed by atoms with Crippen LogP contribution in [0.3, 0.4) is 0 Å². The monoisotopic (exact) mass is 400 g/mol. The lowest BCUT2D eigenvalue weighted by molar-refractivity contribution is -0.141. The number of rotatable bonds is 5. The van der Waals surface area contributed by atoms with Crippen molar-refractivity contribution in [3.63, 3.8) is 0 Å². The van der Waals surface area contributed by atoms with Crippen LogP contribution >= 0.6 is 15.9 Å². The Morgan fingerprint density at radius 2 is 1.92 bits per heavy atom. The molecule has 0 radical (unpaired) electrons. The highest BCUT2D eigenvalue weighted by Gasteiger charge is 2.36. The van der Waals surface area contributed by atoms with Gasteiger partial charge in [-0.25, -0.2) is 0 Å². The van der Waals surface area contributed by atoms with Gasteiger partial charge < -0.3 is 10.2 Å². The molecule has 1 heterocycles. The predicted octanol–water partition coefficient (Wildman–Crippen LogP) is 3.60. The van der Waals surface area contributed by atoms with E-state index in [4.69, 9.17) is 0 Å². The second-order valence-corrected chi connectivity index (χ2v) is 7.03. The number of carbonyl (C=O) groups excluding carboxylic acids is 2. The largest absolute Gasteiger partial charge is 0.350 e. The number of halogens is 1. The fraction of sp³-hybridized carbons (Fsp3) is 0.300. The zero-order valence-electron chi connectivity index (χ0n) is 14.2. The van der Waals surface area contributed by atoms with Crippen LogP contribution in [-0.4, -0.2) is 23.3 Å². The molecule has 4 nitrogen and oxygen atoms in total. The molecule has 3 rings (SSSR count). The Balaban J connectivity index is 1.85. The van der Waals surface area contributed by atoms with Crippen molar-refractivity contribution >= 4 is 27.7 Å². The number of nitrogens with one attached hydrogen (secondary N) is 1. The summed E-state index contributed by atoms with van der Waals surface area (Å²) in [7, 11) is 0. The summed E-state index contributed by atoms with van der Waals surface area (Å²) in [6, 6.07) is 15.0. The van der Waals surface area contributed by atoms with Crippen molar-refractivity contribution in [1.29, 1.82) is 0 Å². The molecular formula is C20H21BrN2O2. The number of hydrogen-bond donors (Lipinski definition) is 1. The van der Waals surface area contributed by atoms with Crippen molar-refractivity contribution in [3.8, 4) is 0 Å². The molecule has 1 aliphatic rings. The molecule has 0 unspecified atom stereocenters. The van der Waals surface area contributed by atoms with Crippen LogP contribution in [0.2, 0.25) is 0 Å². The standard InChI is InChI=1S/C20H21BrN2O2/c1-2-11-23-18(24)12-14-7-3-5-9-16(14)19(23)20(25)22-13-15-8-4-6-10-17(15)21/h3-10,19H,2,11-13H2,1H3,(H,22,25)/t19-/m1/s1. The van der Waals surface area contributed by atoms with Gasteiger partial charge in [-0.15, -0.1) is 0 Å². The van der Waals surface area contributed by atoms with Gasteiger partial charge in [0.15, 0.2) is 0 Å². The van der Waals surface area contributed by atoms with E-state index in [9.17, 15) is 9.59 Å². The normalized spacial score (nSPS) is 16.5. The summed E-state index contributed by atoms with van der Waals surface area (Å²) in [4.78, 5) is 27.2. The van der Waals surface area contributed by atoms with Crippen molar-refractivity contribution in [3.05, 3.63) is 69.7 Å². The second kappa shape index (κ2) is 7.83. The molecule has 2 aromatic rings. The van der Waals surface area contributed by atoms with Gasteiger partial charge in [-0.05, 0) is 29.2 Å². The summed E-state index contributed by atoms with van der Waals surface area (Å²) in [6.07, 6.45) is 1.19. The minimum atomic E-state index is -0.556.